The van der Waals surface area contributed by atoms with Gasteiger partial charge < -0.3 is 24.9 Å². The Morgan fingerprint density at radius 2 is 1.80 bits per heavy atom. The Balaban J connectivity index is 1.22. The van der Waals surface area contributed by atoms with Gasteiger partial charge in [0.1, 0.15) is 35.1 Å². The van der Waals surface area contributed by atoms with E-state index in [1.165, 1.54) is 0 Å². The monoisotopic (exact) mass is 550 g/mol. The number of nitrogens with zero attached hydrogens (tertiary/aromatic N) is 5. The van der Waals surface area contributed by atoms with Crippen LogP contribution in [0.25, 0.3) is 33.5 Å². The highest BCUT2D eigenvalue weighted by atomic mass is 16.5. The molecule has 1 saturated heterocycles. The van der Waals surface area contributed by atoms with Crippen molar-refractivity contribution in [2.24, 2.45) is 0 Å². The van der Waals surface area contributed by atoms with Crippen molar-refractivity contribution in [1.29, 1.82) is 0 Å². The summed E-state index contributed by atoms with van der Waals surface area (Å²) >= 11 is 0. The highest BCUT2D eigenvalue weighted by molar-refractivity contribution is 5.93. The lowest BCUT2D eigenvalue weighted by Gasteiger charge is -2.38. The normalized spacial score (nSPS) is 14.8. The number of hydrogen-bond acceptors (Lipinski definition) is 7. The fourth-order valence-electron chi connectivity index (χ4n) is 5.66. The molecule has 41 heavy (non-hydrogen) atoms. The number of methoxy groups -OCH3 is 1. The van der Waals surface area contributed by atoms with Crippen LogP contribution in [0.4, 0.5) is 5.82 Å². The number of H-pyrrole nitrogens is 2. The summed E-state index contributed by atoms with van der Waals surface area (Å²) in [4.78, 5) is 39.7. The smallest absolute Gasteiger partial charge is 0.269 e. The molecule has 0 saturated carbocycles. The van der Waals surface area contributed by atoms with Gasteiger partial charge in [0.25, 0.3) is 5.91 Å². The number of hydrogen-bond donors (Lipinski definition) is 3. The predicted molar refractivity (Wildman–Crippen MR) is 159 cm³/mol. The van der Waals surface area contributed by atoms with Gasteiger partial charge in [0, 0.05) is 48.6 Å². The Bertz CT molecular complexity index is 1730. The van der Waals surface area contributed by atoms with E-state index in [-0.39, 0.29) is 11.3 Å². The number of carbonyl (C=O) groups excluding carboxylic acids is 1. The molecular formula is C31H34N8O2. The van der Waals surface area contributed by atoms with Gasteiger partial charge in [-0.2, -0.15) is 0 Å². The summed E-state index contributed by atoms with van der Waals surface area (Å²) in [7, 11) is 3.29. The molecule has 1 fully saturated rings. The lowest BCUT2D eigenvalue weighted by molar-refractivity contribution is 0.0958. The number of imidazole rings is 1. The zero-order valence-corrected chi connectivity index (χ0v) is 24.0. The third-order valence-corrected chi connectivity index (χ3v) is 8.25. The fraction of sp³-hybridized carbons (Fsp3) is 0.323. The summed E-state index contributed by atoms with van der Waals surface area (Å²) < 4.78 is 5.44. The van der Waals surface area contributed by atoms with Crippen LogP contribution in [0.2, 0.25) is 0 Å². The molecule has 10 heteroatoms. The minimum absolute atomic E-state index is 0.0747. The molecule has 4 aromatic heterocycles. The van der Waals surface area contributed by atoms with Crippen LogP contribution in [-0.4, -0.2) is 63.1 Å². The van der Waals surface area contributed by atoms with E-state index in [9.17, 15) is 4.79 Å². The van der Waals surface area contributed by atoms with E-state index in [2.05, 4.69) is 74.1 Å². The van der Waals surface area contributed by atoms with Crippen LogP contribution in [0.5, 0.6) is 5.75 Å². The van der Waals surface area contributed by atoms with E-state index in [1.54, 1.807) is 32.7 Å². The fourth-order valence-corrected chi connectivity index (χ4v) is 5.66. The molecule has 3 N–H and O–H groups in total. The van der Waals surface area contributed by atoms with Gasteiger partial charge in [0.2, 0.25) is 0 Å². The number of amides is 1. The molecule has 210 valence electrons. The number of benzene rings is 1. The van der Waals surface area contributed by atoms with Crippen LogP contribution in [0.1, 0.15) is 47.3 Å². The maximum absolute atomic E-state index is 11.9. The Labute approximate surface area is 238 Å². The van der Waals surface area contributed by atoms with Gasteiger partial charge in [-0.3, -0.25) is 9.78 Å². The molecule has 0 atom stereocenters. The number of carbonyl (C=O) groups is 1. The average molecular weight is 551 g/mol. The van der Waals surface area contributed by atoms with Gasteiger partial charge in [-0.25, -0.2) is 15.0 Å². The first-order chi connectivity index (χ1) is 19.8. The summed E-state index contributed by atoms with van der Waals surface area (Å²) in [5, 5.41) is 3.56. The standard InChI is InChI=1S/C31H34N8O2/c1-18-14-20(7-9-25(18)41-5)26-19(2)36-30(38-26)31(3)10-12-39(13-11-31)28-22-15-24(37-27(22)34-17-35-28)21-6-8-23(33-16-21)29(40)32-4/h6-9,14-17H,10-13H2,1-5H3,(H,32,40)(H,36,38)(H,34,35,37). The summed E-state index contributed by atoms with van der Waals surface area (Å²) in [5.41, 5.74) is 7.11. The van der Waals surface area contributed by atoms with Gasteiger partial charge in [-0.05, 0) is 68.7 Å². The van der Waals surface area contributed by atoms with Gasteiger partial charge >= 0.3 is 0 Å². The lowest BCUT2D eigenvalue weighted by atomic mass is 9.79. The zero-order valence-electron chi connectivity index (χ0n) is 24.0. The topological polar surface area (TPSA) is 125 Å². The quantitative estimate of drug-likeness (QED) is 0.273. The number of aromatic nitrogens is 6. The number of ether oxygens (including phenoxy) is 1. The molecule has 5 heterocycles. The van der Waals surface area contributed by atoms with E-state index >= 15 is 0 Å². The first kappa shape index (κ1) is 26.5. The first-order valence-electron chi connectivity index (χ1n) is 13.8. The highest BCUT2D eigenvalue weighted by Crippen LogP contribution is 2.38. The minimum atomic E-state index is -0.213. The van der Waals surface area contributed by atoms with Crippen molar-refractivity contribution in [3.8, 4) is 28.3 Å². The van der Waals surface area contributed by atoms with Crippen LogP contribution in [0, 0.1) is 13.8 Å². The number of fused-ring (bicyclic) bond motifs is 1. The zero-order chi connectivity index (χ0) is 28.7. The maximum Gasteiger partial charge on any atom is 0.269 e. The third kappa shape index (κ3) is 4.79. The van der Waals surface area contributed by atoms with Crippen molar-refractivity contribution in [2.75, 3.05) is 32.1 Å². The van der Waals surface area contributed by atoms with E-state index in [0.717, 1.165) is 88.1 Å². The predicted octanol–water partition coefficient (Wildman–Crippen LogP) is 4.95. The number of anilines is 1. The molecule has 1 aliphatic heterocycles. The number of nitrogens with one attached hydrogen (secondary N) is 3. The molecule has 0 radical (unpaired) electrons. The summed E-state index contributed by atoms with van der Waals surface area (Å²) in [5.74, 6) is 2.62. The second-order valence-corrected chi connectivity index (χ2v) is 10.9. The van der Waals surface area contributed by atoms with Crippen molar-refractivity contribution < 1.29 is 9.53 Å². The molecule has 1 amide bonds. The Kier molecular flexibility index (Phi) is 6.69. The van der Waals surface area contributed by atoms with Gasteiger partial charge in [-0.1, -0.05) is 6.92 Å². The highest BCUT2D eigenvalue weighted by Gasteiger charge is 2.36. The SMILES string of the molecule is CNC(=O)c1ccc(-c2cc3c(N4CCC(C)(c5nc(C)c(-c6ccc(OC)c(C)c6)[nH]5)CC4)ncnc3[nH]2)cn1. The van der Waals surface area contributed by atoms with Crippen LogP contribution >= 0.6 is 0 Å². The Morgan fingerprint density at radius 3 is 2.49 bits per heavy atom. The third-order valence-electron chi connectivity index (χ3n) is 8.25. The van der Waals surface area contributed by atoms with Crippen LogP contribution in [-0.2, 0) is 5.41 Å². The van der Waals surface area contributed by atoms with Crippen molar-refractivity contribution in [3.63, 3.8) is 0 Å². The second kappa shape index (κ2) is 10.3. The number of rotatable bonds is 6. The summed E-state index contributed by atoms with van der Waals surface area (Å²) in [6.45, 7) is 8.12. The maximum atomic E-state index is 11.9. The van der Waals surface area contributed by atoms with Crippen LogP contribution < -0.4 is 15.0 Å². The first-order valence-corrected chi connectivity index (χ1v) is 13.8. The molecule has 0 aliphatic carbocycles. The van der Waals surface area contributed by atoms with E-state index in [0.29, 0.717) is 5.69 Å². The van der Waals surface area contributed by atoms with Crippen molar-refractivity contribution in [1.82, 2.24) is 35.2 Å². The molecule has 0 spiro atoms. The largest absolute Gasteiger partial charge is 0.496 e. The van der Waals surface area contributed by atoms with Gasteiger partial charge in [0.15, 0.2) is 0 Å². The Hall–Kier alpha value is -4.73. The van der Waals surface area contributed by atoms with Crippen LogP contribution in [0.15, 0.2) is 48.9 Å². The van der Waals surface area contributed by atoms with E-state index < -0.39 is 0 Å². The lowest BCUT2D eigenvalue weighted by Crippen LogP contribution is -2.42. The molecule has 10 nitrogen and oxygen atoms in total. The van der Waals surface area contributed by atoms with Crippen molar-refractivity contribution >= 4 is 22.8 Å². The summed E-state index contributed by atoms with van der Waals surface area (Å²) in [6.07, 6.45) is 5.18. The number of aryl methyl sites for hydroxylation is 2. The molecule has 0 bridgehead atoms. The molecule has 1 aliphatic rings. The minimum Gasteiger partial charge on any atom is -0.496 e. The number of aromatic amines is 2. The molecule has 5 aromatic rings. The molecule has 0 unspecified atom stereocenters. The van der Waals surface area contributed by atoms with Crippen LogP contribution in [0.3, 0.4) is 0 Å². The Morgan fingerprint density at radius 1 is 1.02 bits per heavy atom. The van der Waals surface area contributed by atoms with E-state index in [1.807, 2.05) is 12.1 Å². The molecular weight excluding hydrogens is 516 g/mol. The second-order valence-electron chi connectivity index (χ2n) is 10.9. The summed E-state index contributed by atoms with van der Waals surface area (Å²) in [6, 6.07) is 11.9. The number of piperidine rings is 1. The van der Waals surface area contributed by atoms with E-state index in [4.69, 9.17) is 9.72 Å². The number of pyridine rings is 1. The van der Waals surface area contributed by atoms with Crippen molar-refractivity contribution in [3.05, 3.63) is 71.7 Å². The average Bonchev–Trinajstić information content (AvgIpc) is 3.61. The molecule has 1 aromatic carbocycles. The van der Waals surface area contributed by atoms with Gasteiger partial charge in [-0.15, -0.1) is 0 Å². The van der Waals surface area contributed by atoms with Gasteiger partial charge in [0.05, 0.1) is 23.9 Å². The molecule has 6 rings (SSSR count). The van der Waals surface area contributed by atoms with Crippen molar-refractivity contribution in [2.45, 2.75) is 39.0 Å².